The number of hydrogen-bond donors (Lipinski definition) is 0. The van der Waals surface area contributed by atoms with Gasteiger partial charge in [-0.3, -0.25) is 16.8 Å². The summed E-state index contributed by atoms with van der Waals surface area (Å²) >= 11 is 0. The second-order valence-corrected chi connectivity index (χ2v) is 7.99. The molecule has 2 fully saturated rings. The summed E-state index contributed by atoms with van der Waals surface area (Å²) in [6.07, 6.45) is 1.39. The van der Waals surface area contributed by atoms with Gasteiger partial charge in [0, 0.05) is 37.8 Å². The second-order valence-electron chi connectivity index (χ2n) is 3.61. The molecule has 0 aliphatic carbocycles. The number of ether oxygens (including phenoxy) is 1. The van der Waals surface area contributed by atoms with Crippen LogP contribution in [0.4, 0.5) is 0 Å². The van der Waals surface area contributed by atoms with Crippen LogP contribution in [0.2, 0.25) is 0 Å². The average molecular weight is 262 g/mol. The summed E-state index contributed by atoms with van der Waals surface area (Å²) in [6.45, 7) is 0.440. The largest absolute Gasteiger partial charge is 1.00 e. The van der Waals surface area contributed by atoms with E-state index in [0.717, 1.165) is 6.26 Å². The zero-order valence-electron chi connectivity index (χ0n) is 8.63. The normalized spacial score (nSPS) is 34.7. The quantitative estimate of drug-likeness (QED) is 0.362. The summed E-state index contributed by atoms with van der Waals surface area (Å²) in [5.74, 6) is 0. The number of hydrogen-bond acceptors (Lipinski definition) is 5. The van der Waals surface area contributed by atoms with Gasteiger partial charge in [0.05, 0.1) is 0 Å². The van der Waals surface area contributed by atoms with Gasteiger partial charge in [0.25, 0.3) is 0 Å². The number of sulfone groups is 2. The van der Waals surface area contributed by atoms with Crippen molar-refractivity contribution in [2.24, 2.45) is 0 Å². The minimum absolute atomic E-state index is 0. The Kier molecular flexibility index (Phi) is 3.96. The molecule has 82 valence electrons. The van der Waals surface area contributed by atoms with Gasteiger partial charge in [-0.15, -0.1) is 0 Å². The van der Waals surface area contributed by atoms with E-state index in [1.807, 2.05) is 0 Å². The molecule has 0 spiro atoms. The van der Waals surface area contributed by atoms with Crippen molar-refractivity contribution in [3.8, 4) is 0 Å². The van der Waals surface area contributed by atoms with E-state index in [-0.39, 0.29) is 29.6 Å². The van der Waals surface area contributed by atoms with Gasteiger partial charge in [0.2, 0.25) is 0 Å². The topological polar surface area (TPSA) is 77.5 Å². The van der Waals surface area contributed by atoms with Crippen molar-refractivity contribution in [3.63, 3.8) is 0 Å². The molecule has 5 nitrogen and oxygen atoms in total. The Morgan fingerprint density at radius 3 is 2.53 bits per heavy atom. The third kappa shape index (κ3) is 2.14. The van der Waals surface area contributed by atoms with Gasteiger partial charge >= 0.3 is 29.6 Å². The van der Waals surface area contributed by atoms with E-state index in [4.69, 9.17) is 4.74 Å². The fraction of sp³-hybridized carbons (Fsp3) is 0.857. The average Bonchev–Trinajstić information content (AvgIpc) is 2.00. The molecule has 2 heterocycles. The van der Waals surface area contributed by atoms with Crippen LogP contribution in [0.3, 0.4) is 0 Å². The van der Waals surface area contributed by atoms with E-state index in [2.05, 4.69) is 0 Å². The Balaban J connectivity index is 0.00000112. The summed E-state index contributed by atoms with van der Waals surface area (Å²) < 4.78 is 50.2. The van der Waals surface area contributed by atoms with Crippen LogP contribution < -0.4 is 29.6 Å². The van der Waals surface area contributed by atoms with E-state index in [9.17, 15) is 16.8 Å². The Hall–Kier alpha value is 0.860. The van der Waals surface area contributed by atoms with Crippen LogP contribution in [0.15, 0.2) is 0 Å². The SMILES string of the molecule is CS(=O)(=O)[C-]1[C@@H]2OCCC[C@@H]2S1(=O)=O.[Na+]. The first-order valence-corrected chi connectivity index (χ1v) is 7.71. The van der Waals surface area contributed by atoms with Gasteiger partial charge in [-0.1, -0.05) is 0 Å². The van der Waals surface area contributed by atoms with Crippen LogP contribution in [0.5, 0.6) is 0 Å². The second kappa shape index (κ2) is 4.27. The Morgan fingerprint density at radius 2 is 2.00 bits per heavy atom. The fourth-order valence-corrected chi connectivity index (χ4v) is 6.40. The summed E-state index contributed by atoms with van der Waals surface area (Å²) in [6, 6.07) is 0. The molecule has 0 aromatic carbocycles. The predicted molar refractivity (Wildman–Crippen MR) is 49.8 cm³/mol. The van der Waals surface area contributed by atoms with Gasteiger partial charge in [-0.2, -0.15) is 0 Å². The molecule has 8 heteroatoms. The molecule has 2 aliphatic heterocycles. The maximum atomic E-state index is 11.5. The molecule has 0 aromatic heterocycles. The van der Waals surface area contributed by atoms with E-state index in [1.54, 1.807) is 0 Å². The molecule has 2 aliphatic rings. The van der Waals surface area contributed by atoms with Crippen LogP contribution in [0, 0.1) is 4.58 Å². The van der Waals surface area contributed by atoms with Gasteiger partial charge in [-0.25, -0.2) is 0 Å². The minimum atomic E-state index is -3.64. The van der Waals surface area contributed by atoms with Crippen molar-refractivity contribution < 1.29 is 51.1 Å². The van der Waals surface area contributed by atoms with Crippen LogP contribution in [0.25, 0.3) is 0 Å². The predicted octanol–water partition coefficient (Wildman–Crippen LogP) is -3.50. The van der Waals surface area contributed by atoms with Crippen molar-refractivity contribution in [1.82, 2.24) is 0 Å². The molecule has 0 unspecified atom stereocenters. The zero-order chi connectivity index (χ0) is 10.6. The molecule has 0 aromatic rings. The maximum absolute atomic E-state index is 11.5. The number of rotatable bonds is 1. The van der Waals surface area contributed by atoms with Gasteiger partial charge in [0.15, 0.2) is 0 Å². The van der Waals surface area contributed by atoms with E-state index in [1.165, 1.54) is 0 Å². The molecular weight excluding hydrogens is 251 g/mol. The molecule has 0 radical (unpaired) electrons. The van der Waals surface area contributed by atoms with Crippen molar-refractivity contribution in [2.45, 2.75) is 24.2 Å². The monoisotopic (exact) mass is 262 g/mol. The van der Waals surface area contributed by atoms with Crippen molar-refractivity contribution in [2.75, 3.05) is 12.9 Å². The molecule has 0 N–H and O–H groups in total. The van der Waals surface area contributed by atoms with Crippen LogP contribution in [0.1, 0.15) is 12.8 Å². The van der Waals surface area contributed by atoms with Gasteiger partial charge in [-0.05, 0) is 23.5 Å². The first-order valence-electron chi connectivity index (χ1n) is 4.27. The minimum Gasteiger partial charge on any atom is -0.407 e. The first-order chi connectivity index (χ1) is 6.35. The first kappa shape index (κ1) is 13.9. The van der Waals surface area contributed by atoms with Gasteiger partial charge in [0.1, 0.15) is 0 Å². The van der Waals surface area contributed by atoms with Gasteiger partial charge < -0.3 is 4.74 Å². The van der Waals surface area contributed by atoms with E-state index in [0.29, 0.717) is 19.4 Å². The fourth-order valence-electron chi connectivity index (χ4n) is 1.95. The van der Waals surface area contributed by atoms with E-state index >= 15 is 0 Å². The molecular formula is C7H11NaO5S2. The Labute approximate surface area is 112 Å². The Bertz CT molecular complexity index is 440. The summed E-state index contributed by atoms with van der Waals surface area (Å²) in [4.78, 5) is 0. The Morgan fingerprint density at radius 1 is 1.40 bits per heavy atom. The summed E-state index contributed by atoms with van der Waals surface area (Å²) in [7, 11) is -7.22. The standard InChI is InChI=1S/C7H11O5S2.Na/c1-13(8,9)7-6-5(14(7,10)11)3-2-4-12-6;/h5-6H,2-4H2,1H3;/q-1;+1/t5-,6+;/m0./s1. The molecule has 2 rings (SSSR count). The van der Waals surface area contributed by atoms with Crippen molar-refractivity contribution in [1.29, 1.82) is 0 Å². The molecule has 2 saturated heterocycles. The van der Waals surface area contributed by atoms with Crippen LogP contribution in [-0.2, 0) is 24.4 Å². The molecule has 0 saturated carbocycles. The summed E-state index contributed by atoms with van der Waals surface area (Å²) in [5.41, 5.74) is 0. The van der Waals surface area contributed by atoms with Crippen LogP contribution >= 0.6 is 0 Å². The number of fused-ring (bicyclic) bond motifs is 1. The zero-order valence-corrected chi connectivity index (χ0v) is 12.3. The third-order valence-electron chi connectivity index (χ3n) is 2.54. The van der Waals surface area contributed by atoms with Crippen LogP contribution in [-0.4, -0.2) is 41.1 Å². The molecule has 0 bridgehead atoms. The molecule has 0 amide bonds. The van der Waals surface area contributed by atoms with Crippen molar-refractivity contribution >= 4 is 19.7 Å². The molecule has 15 heavy (non-hydrogen) atoms. The third-order valence-corrected chi connectivity index (χ3v) is 7.19. The van der Waals surface area contributed by atoms with Crippen molar-refractivity contribution in [3.05, 3.63) is 4.58 Å². The molecule has 2 atom stereocenters. The maximum Gasteiger partial charge on any atom is 1.00 e. The van der Waals surface area contributed by atoms with E-state index < -0.39 is 35.6 Å². The summed E-state index contributed by atoms with van der Waals surface area (Å²) in [5, 5.41) is -0.624. The smallest absolute Gasteiger partial charge is 0.407 e.